The molecule has 0 aliphatic carbocycles. The van der Waals surface area contributed by atoms with E-state index in [1.165, 1.54) is 0 Å². The number of amides is 2. The van der Waals surface area contributed by atoms with Gasteiger partial charge in [0.15, 0.2) is 0 Å². The molecule has 0 saturated carbocycles. The van der Waals surface area contributed by atoms with E-state index < -0.39 is 9.84 Å². The maximum absolute atomic E-state index is 12.4. The molecule has 8 heteroatoms. The zero-order valence-electron chi connectivity index (χ0n) is 15.1. The summed E-state index contributed by atoms with van der Waals surface area (Å²) in [4.78, 5) is 16.3. The van der Waals surface area contributed by atoms with Gasteiger partial charge in [-0.05, 0) is 29.7 Å². The Kier molecular flexibility index (Phi) is 5.76. The van der Waals surface area contributed by atoms with Gasteiger partial charge in [0.1, 0.15) is 0 Å². The molecule has 0 spiro atoms. The zero-order chi connectivity index (χ0) is 19.4. The van der Waals surface area contributed by atoms with Crippen LogP contribution in [0.15, 0.2) is 52.9 Å². The number of fused-ring (bicyclic) bond motifs is 1. The summed E-state index contributed by atoms with van der Waals surface area (Å²) in [5, 5.41) is 5.55. The van der Waals surface area contributed by atoms with Crippen LogP contribution in [-0.2, 0) is 16.4 Å². The first kappa shape index (κ1) is 19.3. The molecule has 0 atom stereocenters. The summed E-state index contributed by atoms with van der Waals surface area (Å²) in [6.07, 6.45) is 0. The summed E-state index contributed by atoms with van der Waals surface area (Å²) in [5.74, 6) is 0.104. The van der Waals surface area contributed by atoms with Crippen LogP contribution in [0.25, 0.3) is 10.2 Å². The van der Waals surface area contributed by atoms with Crippen LogP contribution in [0, 0.1) is 5.92 Å². The fraction of sp³-hybridized carbons (Fsp3) is 0.263. The van der Waals surface area contributed by atoms with Crippen LogP contribution in [0.4, 0.5) is 10.5 Å². The monoisotopic (exact) mass is 403 g/mol. The van der Waals surface area contributed by atoms with Crippen molar-refractivity contribution in [3.63, 3.8) is 0 Å². The summed E-state index contributed by atoms with van der Waals surface area (Å²) in [6.45, 7) is 4.15. The molecule has 27 heavy (non-hydrogen) atoms. The number of hydrogen-bond acceptors (Lipinski definition) is 5. The highest BCUT2D eigenvalue weighted by Gasteiger charge is 2.21. The number of nitrogens with zero attached hydrogens (tertiary/aromatic N) is 1. The predicted octanol–water partition coefficient (Wildman–Crippen LogP) is 4.05. The molecule has 1 aromatic heterocycles. The molecule has 0 unspecified atom stereocenters. The number of carbonyl (C=O) groups excluding carboxylic acids is 1. The third-order valence-electron chi connectivity index (χ3n) is 3.74. The number of thiazole rings is 1. The highest BCUT2D eigenvalue weighted by molar-refractivity contribution is 7.93. The lowest BCUT2D eigenvalue weighted by Crippen LogP contribution is -2.28. The van der Waals surface area contributed by atoms with E-state index in [1.54, 1.807) is 18.2 Å². The third-order valence-corrected chi connectivity index (χ3v) is 7.29. The topological polar surface area (TPSA) is 88.2 Å². The molecular formula is C19H21N3O3S2. The molecule has 3 aromatic rings. The number of sulfone groups is 1. The van der Waals surface area contributed by atoms with Crippen molar-refractivity contribution in [2.75, 3.05) is 11.1 Å². The number of nitrogens with one attached hydrogen (secondary N) is 2. The van der Waals surface area contributed by atoms with Gasteiger partial charge in [0.25, 0.3) is 0 Å². The van der Waals surface area contributed by atoms with Gasteiger partial charge in [-0.15, -0.1) is 11.3 Å². The lowest BCUT2D eigenvalue weighted by atomic mass is 10.2. The Labute approximate surface area is 162 Å². The van der Waals surface area contributed by atoms with Crippen molar-refractivity contribution in [2.24, 2.45) is 5.92 Å². The van der Waals surface area contributed by atoms with E-state index in [4.69, 9.17) is 0 Å². The van der Waals surface area contributed by atoms with E-state index >= 15 is 0 Å². The number of rotatable bonds is 6. The van der Waals surface area contributed by atoms with Crippen molar-refractivity contribution >= 4 is 43.1 Å². The van der Waals surface area contributed by atoms with E-state index in [1.807, 2.05) is 44.2 Å². The van der Waals surface area contributed by atoms with Gasteiger partial charge in [-0.1, -0.05) is 44.2 Å². The third kappa shape index (κ3) is 5.05. The van der Waals surface area contributed by atoms with Gasteiger partial charge in [-0.2, -0.15) is 0 Å². The summed E-state index contributed by atoms with van der Waals surface area (Å²) in [7, 11) is -3.39. The highest BCUT2D eigenvalue weighted by atomic mass is 32.2. The molecule has 142 valence electrons. The number of carbonyl (C=O) groups is 1. The van der Waals surface area contributed by atoms with Gasteiger partial charge in [-0.25, -0.2) is 18.2 Å². The molecule has 1 heterocycles. The molecule has 6 nitrogen and oxygen atoms in total. The van der Waals surface area contributed by atoms with Crippen molar-refractivity contribution in [3.8, 4) is 0 Å². The fourth-order valence-electron chi connectivity index (χ4n) is 2.58. The summed E-state index contributed by atoms with van der Waals surface area (Å²) in [5.41, 5.74) is 2.20. The largest absolute Gasteiger partial charge is 0.334 e. The van der Waals surface area contributed by atoms with Gasteiger partial charge >= 0.3 is 6.03 Å². The van der Waals surface area contributed by atoms with Crippen molar-refractivity contribution in [3.05, 3.63) is 54.1 Å². The lowest BCUT2D eigenvalue weighted by Gasteiger charge is -2.07. The van der Waals surface area contributed by atoms with Gasteiger partial charge in [0.05, 0.1) is 16.0 Å². The summed E-state index contributed by atoms with van der Waals surface area (Å²) in [6, 6.07) is 14.5. The number of benzene rings is 2. The molecule has 2 amide bonds. The Morgan fingerprint density at radius 1 is 1.15 bits per heavy atom. The Morgan fingerprint density at radius 2 is 1.89 bits per heavy atom. The first-order valence-electron chi connectivity index (χ1n) is 8.55. The molecule has 0 radical (unpaired) electrons. The maximum Gasteiger partial charge on any atom is 0.319 e. The van der Waals surface area contributed by atoms with Crippen LogP contribution in [0.1, 0.15) is 19.4 Å². The van der Waals surface area contributed by atoms with E-state index in [-0.39, 0.29) is 22.0 Å². The molecule has 0 fully saturated rings. The molecule has 0 aliphatic rings. The molecule has 0 bridgehead atoms. The van der Waals surface area contributed by atoms with Crippen molar-refractivity contribution in [1.82, 2.24) is 10.3 Å². The molecule has 3 rings (SSSR count). The zero-order valence-corrected chi connectivity index (χ0v) is 16.7. The summed E-state index contributed by atoms with van der Waals surface area (Å²) >= 11 is 1.13. The fourth-order valence-corrected chi connectivity index (χ4v) is 5.55. The molecular weight excluding hydrogens is 382 g/mol. The Morgan fingerprint density at radius 3 is 2.59 bits per heavy atom. The van der Waals surface area contributed by atoms with E-state index in [0.29, 0.717) is 17.7 Å². The predicted molar refractivity (Wildman–Crippen MR) is 109 cm³/mol. The SMILES string of the molecule is CC(C)CS(=O)(=O)c1nc2ccc(NC(=O)NCc3ccccc3)cc2s1. The van der Waals surface area contributed by atoms with Crippen LogP contribution >= 0.6 is 11.3 Å². The minimum atomic E-state index is -3.39. The van der Waals surface area contributed by atoms with Gasteiger partial charge in [0.2, 0.25) is 14.2 Å². The first-order valence-corrected chi connectivity index (χ1v) is 11.0. The van der Waals surface area contributed by atoms with Crippen LogP contribution in [0.3, 0.4) is 0 Å². The van der Waals surface area contributed by atoms with Crippen molar-refractivity contribution in [1.29, 1.82) is 0 Å². The standard InChI is InChI=1S/C19H21N3O3S2/c1-13(2)12-27(24,25)19-22-16-9-8-15(10-17(16)26-19)21-18(23)20-11-14-6-4-3-5-7-14/h3-10,13H,11-12H2,1-2H3,(H2,20,21,23). The number of aromatic nitrogens is 1. The van der Waals surface area contributed by atoms with E-state index in [0.717, 1.165) is 21.6 Å². The van der Waals surface area contributed by atoms with Gasteiger partial charge < -0.3 is 10.6 Å². The van der Waals surface area contributed by atoms with Crippen LogP contribution < -0.4 is 10.6 Å². The van der Waals surface area contributed by atoms with E-state index in [2.05, 4.69) is 15.6 Å². The van der Waals surface area contributed by atoms with Crippen LogP contribution in [-0.4, -0.2) is 25.2 Å². The minimum absolute atomic E-state index is 0.0348. The Hall–Kier alpha value is -2.45. The second-order valence-electron chi connectivity index (χ2n) is 6.63. The minimum Gasteiger partial charge on any atom is -0.334 e. The van der Waals surface area contributed by atoms with E-state index in [9.17, 15) is 13.2 Å². The number of anilines is 1. The second kappa shape index (κ2) is 8.06. The second-order valence-corrected chi connectivity index (χ2v) is 9.87. The van der Waals surface area contributed by atoms with Crippen LogP contribution in [0.5, 0.6) is 0 Å². The van der Waals surface area contributed by atoms with Crippen LogP contribution in [0.2, 0.25) is 0 Å². The smallest absolute Gasteiger partial charge is 0.319 e. The molecule has 0 saturated heterocycles. The number of urea groups is 1. The van der Waals surface area contributed by atoms with Crippen molar-refractivity contribution in [2.45, 2.75) is 24.7 Å². The maximum atomic E-state index is 12.4. The highest BCUT2D eigenvalue weighted by Crippen LogP contribution is 2.29. The Balaban J connectivity index is 1.70. The van der Waals surface area contributed by atoms with Gasteiger partial charge in [0, 0.05) is 12.2 Å². The first-order chi connectivity index (χ1) is 12.8. The Bertz CT molecular complexity index is 1040. The average Bonchev–Trinajstić information content (AvgIpc) is 3.04. The summed E-state index contributed by atoms with van der Waals surface area (Å²) < 4.78 is 25.6. The molecule has 0 aliphatic heterocycles. The molecule has 2 aromatic carbocycles. The number of hydrogen-bond donors (Lipinski definition) is 2. The quantitative estimate of drug-likeness (QED) is 0.650. The molecule has 2 N–H and O–H groups in total. The lowest BCUT2D eigenvalue weighted by molar-refractivity contribution is 0.251. The van der Waals surface area contributed by atoms with Crippen molar-refractivity contribution < 1.29 is 13.2 Å². The van der Waals surface area contributed by atoms with Gasteiger partial charge in [-0.3, -0.25) is 0 Å². The average molecular weight is 404 g/mol. The normalized spacial score (nSPS) is 11.7.